The summed E-state index contributed by atoms with van der Waals surface area (Å²) in [5.74, 6) is 0.519. The molecule has 0 aliphatic heterocycles. The van der Waals surface area contributed by atoms with Crippen LogP contribution in [0.3, 0.4) is 0 Å². The zero-order valence-corrected chi connectivity index (χ0v) is 16.3. The van der Waals surface area contributed by atoms with Gasteiger partial charge in [-0.25, -0.2) is 0 Å². The molecule has 1 saturated carbocycles. The summed E-state index contributed by atoms with van der Waals surface area (Å²) in [5, 5.41) is 0.979. The van der Waals surface area contributed by atoms with Crippen molar-refractivity contribution in [2.45, 2.75) is 17.2 Å². The molecule has 1 nitrogen and oxygen atoms in total. The van der Waals surface area contributed by atoms with E-state index >= 15 is 0 Å². The third-order valence-corrected chi connectivity index (χ3v) is 7.90. The Kier molecular flexibility index (Phi) is 5.06. The molecule has 2 atom stereocenters. The molecule has 0 spiro atoms. The molecule has 0 radical (unpaired) electrons. The Morgan fingerprint density at radius 2 is 1.35 bits per heavy atom. The predicted molar refractivity (Wildman–Crippen MR) is 108 cm³/mol. The Hall–Kier alpha value is -2.15. The first-order valence-electron chi connectivity index (χ1n) is 9.09. The molecular formula is C24H22OSe. The van der Waals surface area contributed by atoms with Gasteiger partial charge in [0.05, 0.1) is 0 Å². The van der Waals surface area contributed by atoms with E-state index in [1.165, 1.54) is 21.9 Å². The summed E-state index contributed by atoms with van der Waals surface area (Å²) in [6.07, 6.45) is 2.28. The monoisotopic (exact) mass is 406 g/mol. The molecule has 0 aromatic heterocycles. The molecule has 3 aromatic rings. The Morgan fingerprint density at radius 1 is 0.846 bits per heavy atom. The van der Waals surface area contributed by atoms with Crippen molar-refractivity contribution >= 4 is 25.7 Å². The van der Waals surface area contributed by atoms with E-state index in [-0.39, 0.29) is 11.3 Å². The third-order valence-electron chi connectivity index (χ3n) is 5.47. The van der Waals surface area contributed by atoms with E-state index in [4.69, 9.17) is 0 Å². The van der Waals surface area contributed by atoms with Crippen molar-refractivity contribution < 1.29 is 4.79 Å². The fraction of sp³-hybridized carbons (Fsp3) is 0.208. The molecule has 2 unspecified atom stereocenters. The first-order valence-corrected chi connectivity index (χ1v) is 11.2. The Labute approximate surface area is 161 Å². The number of carbonyl (C=O) groups is 1. The van der Waals surface area contributed by atoms with Gasteiger partial charge in [0.1, 0.15) is 0 Å². The Morgan fingerprint density at radius 3 is 1.85 bits per heavy atom. The van der Waals surface area contributed by atoms with Gasteiger partial charge in [0.2, 0.25) is 0 Å². The van der Waals surface area contributed by atoms with Crippen LogP contribution >= 0.6 is 0 Å². The Bertz CT molecular complexity index is 806. The average molecular weight is 405 g/mol. The summed E-state index contributed by atoms with van der Waals surface area (Å²) in [6, 6.07) is 32.0. The summed E-state index contributed by atoms with van der Waals surface area (Å²) < 4.78 is 1.37. The summed E-state index contributed by atoms with van der Waals surface area (Å²) in [6.45, 7) is 0. The molecular weight excluding hydrogens is 383 g/mol. The second-order valence-corrected chi connectivity index (χ2v) is 9.23. The van der Waals surface area contributed by atoms with Crippen LogP contribution in [0.15, 0.2) is 91.0 Å². The van der Waals surface area contributed by atoms with Gasteiger partial charge < -0.3 is 0 Å². The maximum absolute atomic E-state index is 12.0. The molecule has 0 saturated heterocycles. The van der Waals surface area contributed by atoms with E-state index in [1.54, 1.807) is 0 Å². The van der Waals surface area contributed by atoms with Gasteiger partial charge in [-0.2, -0.15) is 0 Å². The normalized spacial score (nSPS) is 18.8. The summed E-state index contributed by atoms with van der Waals surface area (Å²) in [5.41, 5.74) is 2.69. The zero-order valence-electron chi connectivity index (χ0n) is 14.6. The standard InChI is InChI=1S/C24H22OSe/c25-17-19(18-26-22-14-8-3-9-15-22)23-16-24(23,20-10-4-1-5-11-20)21-12-6-2-7-13-21/h1-15,17,19,23H,16,18H2. The molecule has 0 heterocycles. The van der Waals surface area contributed by atoms with Crippen molar-refractivity contribution in [2.75, 3.05) is 0 Å². The van der Waals surface area contributed by atoms with E-state index in [2.05, 4.69) is 84.9 Å². The fourth-order valence-corrected chi connectivity index (χ4v) is 6.26. The van der Waals surface area contributed by atoms with Crippen LogP contribution in [-0.2, 0) is 10.2 Å². The number of rotatable bonds is 7. The van der Waals surface area contributed by atoms with Crippen LogP contribution in [0, 0.1) is 11.8 Å². The third kappa shape index (κ3) is 3.28. The molecule has 1 fully saturated rings. The second-order valence-electron chi connectivity index (χ2n) is 6.94. The van der Waals surface area contributed by atoms with Gasteiger partial charge in [0.25, 0.3) is 0 Å². The van der Waals surface area contributed by atoms with Gasteiger partial charge in [-0.3, -0.25) is 0 Å². The fourth-order valence-electron chi connectivity index (χ4n) is 4.07. The molecule has 1 aliphatic carbocycles. The van der Waals surface area contributed by atoms with Gasteiger partial charge in [-0.05, 0) is 0 Å². The van der Waals surface area contributed by atoms with E-state index in [0.29, 0.717) is 20.9 Å². The van der Waals surface area contributed by atoms with Crippen molar-refractivity contribution in [3.63, 3.8) is 0 Å². The number of carbonyl (C=O) groups excluding carboxylic acids is 1. The minimum absolute atomic E-state index is 0.000858. The van der Waals surface area contributed by atoms with Crippen LogP contribution < -0.4 is 4.46 Å². The topological polar surface area (TPSA) is 17.1 Å². The number of hydrogen-bond donors (Lipinski definition) is 0. The van der Waals surface area contributed by atoms with E-state index in [0.717, 1.165) is 11.7 Å². The van der Waals surface area contributed by atoms with Gasteiger partial charge in [-0.15, -0.1) is 0 Å². The summed E-state index contributed by atoms with van der Waals surface area (Å²) >= 11 is 0.342. The average Bonchev–Trinajstić information content (AvgIpc) is 3.47. The first-order chi connectivity index (χ1) is 12.8. The number of aldehydes is 1. The molecule has 1 aliphatic rings. The van der Waals surface area contributed by atoms with Crippen molar-refractivity contribution in [1.82, 2.24) is 0 Å². The molecule has 4 rings (SSSR count). The van der Waals surface area contributed by atoms with Gasteiger partial charge in [0, 0.05) is 0 Å². The molecule has 26 heavy (non-hydrogen) atoms. The second kappa shape index (κ2) is 7.61. The predicted octanol–water partition coefficient (Wildman–Crippen LogP) is 4.26. The Balaban J connectivity index is 1.60. The number of hydrogen-bond acceptors (Lipinski definition) is 1. The van der Waals surface area contributed by atoms with Crippen LogP contribution in [0.25, 0.3) is 0 Å². The summed E-state index contributed by atoms with van der Waals surface area (Å²) in [7, 11) is 0. The first kappa shape index (κ1) is 17.3. The molecule has 130 valence electrons. The van der Waals surface area contributed by atoms with Gasteiger partial charge >= 0.3 is 162 Å². The maximum atomic E-state index is 12.0. The molecule has 0 amide bonds. The summed E-state index contributed by atoms with van der Waals surface area (Å²) in [4.78, 5) is 12.0. The SMILES string of the molecule is O=CC(C[Se]c1ccccc1)C1CC1(c1ccccc1)c1ccccc1. The van der Waals surface area contributed by atoms with Crippen LogP contribution in [0.1, 0.15) is 17.5 Å². The quantitative estimate of drug-likeness (QED) is 0.424. The van der Waals surface area contributed by atoms with E-state index < -0.39 is 0 Å². The molecule has 3 aromatic carbocycles. The van der Waals surface area contributed by atoms with Crippen molar-refractivity contribution in [3.8, 4) is 0 Å². The molecule has 0 N–H and O–H groups in total. The van der Waals surface area contributed by atoms with Gasteiger partial charge in [0.15, 0.2) is 0 Å². The molecule has 0 bridgehead atoms. The number of benzene rings is 3. The van der Waals surface area contributed by atoms with Crippen molar-refractivity contribution in [1.29, 1.82) is 0 Å². The van der Waals surface area contributed by atoms with Crippen molar-refractivity contribution in [3.05, 3.63) is 102 Å². The van der Waals surface area contributed by atoms with Crippen LogP contribution in [0.5, 0.6) is 0 Å². The van der Waals surface area contributed by atoms with Gasteiger partial charge in [-0.1, -0.05) is 0 Å². The van der Waals surface area contributed by atoms with Crippen LogP contribution in [-0.4, -0.2) is 21.2 Å². The van der Waals surface area contributed by atoms with Crippen LogP contribution in [0.4, 0.5) is 0 Å². The zero-order chi connectivity index (χ0) is 17.8. The minimum atomic E-state index is 0.000858. The van der Waals surface area contributed by atoms with Crippen molar-refractivity contribution in [2.24, 2.45) is 11.8 Å². The van der Waals surface area contributed by atoms with E-state index in [9.17, 15) is 4.79 Å². The van der Waals surface area contributed by atoms with Crippen LogP contribution in [0.2, 0.25) is 5.32 Å². The van der Waals surface area contributed by atoms with E-state index in [1.807, 2.05) is 6.07 Å². The molecule has 2 heteroatoms.